The van der Waals surface area contributed by atoms with E-state index in [1.54, 1.807) is 42.6 Å². The monoisotopic (exact) mass is 389 g/mol. The van der Waals surface area contributed by atoms with E-state index in [2.05, 4.69) is 15.4 Å². The summed E-state index contributed by atoms with van der Waals surface area (Å²) in [4.78, 5) is 29.3. The number of H-pyrrole nitrogens is 1. The van der Waals surface area contributed by atoms with Crippen LogP contribution in [-0.4, -0.2) is 37.9 Å². The van der Waals surface area contributed by atoms with Gasteiger partial charge in [0.15, 0.2) is 5.82 Å². The van der Waals surface area contributed by atoms with Crippen LogP contribution in [-0.2, 0) is 0 Å². The van der Waals surface area contributed by atoms with Gasteiger partial charge >= 0.3 is 0 Å². The van der Waals surface area contributed by atoms with Crippen molar-refractivity contribution in [2.75, 3.05) is 0 Å². The Kier molecular flexibility index (Phi) is 4.97. The number of carbonyl (C=O) groups excluding carboxylic acids is 1. The molecule has 0 saturated heterocycles. The molecule has 2 heterocycles. The van der Waals surface area contributed by atoms with Gasteiger partial charge in [0, 0.05) is 18.4 Å². The van der Waals surface area contributed by atoms with Crippen LogP contribution in [0.15, 0.2) is 53.6 Å². The van der Waals surface area contributed by atoms with Crippen LogP contribution in [0.2, 0.25) is 0 Å². The van der Waals surface area contributed by atoms with E-state index < -0.39 is 0 Å². The van der Waals surface area contributed by atoms with Gasteiger partial charge in [-0.3, -0.25) is 14.7 Å². The van der Waals surface area contributed by atoms with Crippen LogP contribution in [0.1, 0.15) is 35.2 Å². The zero-order valence-electron chi connectivity index (χ0n) is 15.5. The third-order valence-corrected chi connectivity index (χ3v) is 5.08. The van der Waals surface area contributed by atoms with Gasteiger partial charge in [-0.05, 0) is 49.1 Å². The predicted octanol–water partition coefficient (Wildman–Crippen LogP) is 1.74. The third kappa shape index (κ3) is 3.81. The number of carbonyl (C=O) groups is 1. The van der Waals surface area contributed by atoms with E-state index in [0.29, 0.717) is 40.9 Å². The largest absolute Gasteiger partial charge is 0.393 e. The molecule has 1 aliphatic rings. The molecular formula is C21H19N5O3. The fraction of sp³-hybridized carbons (Fsp3) is 0.238. The normalized spacial score (nSPS) is 18.3. The number of rotatable bonds is 4. The van der Waals surface area contributed by atoms with Crippen molar-refractivity contribution in [1.29, 1.82) is 5.26 Å². The molecule has 29 heavy (non-hydrogen) atoms. The number of hydrogen-bond donors (Lipinski definition) is 3. The zero-order valence-corrected chi connectivity index (χ0v) is 15.5. The van der Waals surface area contributed by atoms with Crippen molar-refractivity contribution in [3.63, 3.8) is 0 Å². The molecule has 0 spiro atoms. The van der Waals surface area contributed by atoms with Crippen molar-refractivity contribution >= 4 is 5.91 Å². The Morgan fingerprint density at radius 2 is 2.03 bits per heavy atom. The molecule has 0 unspecified atom stereocenters. The second-order valence-corrected chi connectivity index (χ2v) is 7.06. The molecule has 2 aromatic heterocycles. The molecule has 3 N–H and O–H groups in total. The van der Waals surface area contributed by atoms with Crippen LogP contribution < -0.4 is 10.9 Å². The lowest BCUT2D eigenvalue weighted by Gasteiger charge is -2.12. The summed E-state index contributed by atoms with van der Waals surface area (Å²) >= 11 is 0. The summed E-state index contributed by atoms with van der Waals surface area (Å²) in [6.07, 6.45) is 4.66. The molecule has 4 rings (SSSR count). The first-order valence-corrected chi connectivity index (χ1v) is 9.31. The first-order chi connectivity index (χ1) is 14.0. The van der Waals surface area contributed by atoms with Crippen molar-refractivity contribution in [3.05, 3.63) is 70.3 Å². The maximum Gasteiger partial charge on any atom is 0.280 e. The van der Waals surface area contributed by atoms with Gasteiger partial charge < -0.3 is 10.4 Å². The van der Waals surface area contributed by atoms with Crippen molar-refractivity contribution in [2.24, 2.45) is 0 Å². The Labute approximate surface area is 166 Å². The second kappa shape index (κ2) is 7.73. The summed E-state index contributed by atoms with van der Waals surface area (Å²) in [7, 11) is 0. The highest BCUT2D eigenvalue weighted by Gasteiger charge is 2.24. The number of aliphatic hydroxyl groups is 1. The van der Waals surface area contributed by atoms with Crippen molar-refractivity contribution in [2.45, 2.75) is 31.4 Å². The van der Waals surface area contributed by atoms with E-state index in [9.17, 15) is 14.7 Å². The number of aliphatic hydroxyl groups excluding tert-OH is 1. The molecular weight excluding hydrogens is 370 g/mol. The van der Waals surface area contributed by atoms with Crippen molar-refractivity contribution in [1.82, 2.24) is 20.1 Å². The van der Waals surface area contributed by atoms with Gasteiger partial charge in [-0.15, -0.1) is 0 Å². The molecule has 3 aromatic rings. The predicted molar refractivity (Wildman–Crippen MR) is 105 cm³/mol. The highest BCUT2D eigenvalue weighted by Crippen LogP contribution is 2.19. The molecule has 8 heteroatoms. The summed E-state index contributed by atoms with van der Waals surface area (Å²) in [5.74, 6) is 0.114. The first kappa shape index (κ1) is 18.7. The first-order valence-electron chi connectivity index (χ1n) is 9.31. The summed E-state index contributed by atoms with van der Waals surface area (Å²) in [5, 5.41) is 24.2. The topological polar surface area (TPSA) is 124 Å². The molecule has 1 saturated carbocycles. The van der Waals surface area contributed by atoms with E-state index in [1.165, 1.54) is 10.9 Å². The van der Waals surface area contributed by atoms with Crippen LogP contribution in [0.3, 0.4) is 0 Å². The SMILES string of the molecule is N#Cc1ccc(-c2c[nH]n(-c3ccc(C(=O)N[C@H]4CC[C@H](O)C4)cn3)c2=O)cc1. The van der Waals surface area contributed by atoms with Gasteiger partial charge in [-0.1, -0.05) is 12.1 Å². The molecule has 0 bridgehead atoms. The smallest absolute Gasteiger partial charge is 0.280 e. The van der Waals surface area contributed by atoms with Gasteiger partial charge in [-0.25, -0.2) is 9.67 Å². The quantitative estimate of drug-likeness (QED) is 0.627. The summed E-state index contributed by atoms with van der Waals surface area (Å²) in [6, 6.07) is 12.0. The Balaban J connectivity index is 1.52. The number of hydrogen-bond acceptors (Lipinski definition) is 5. The number of aromatic amines is 1. The van der Waals surface area contributed by atoms with E-state index >= 15 is 0 Å². The highest BCUT2D eigenvalue weighted by atomic mass is 16.3. The lowest BCUT2D eigenvalue weighted by molar-refractivity contribution is 0.0933. The maximum atomic E-state index is 12.7. The zero-order chi connectivity index (χ0) is 20.4. The van der Waals surface area contributed by atoms with Crippen LogP contribution in [0, 0.1) is 11.3 Å². The third-order valence-electron chi connectivity index (χ3n) is 5.08. The van der Waals surface area contributed by atoms with Gasteiger partial charge in [0.05, 0.1) is 28.9 Å². The molecule has 1 aromatic carbocycles. The minimum Gasteiger partial charge on any atom is -0.393 e. The van der Waals surface area contributed by atoms with Crippen LogP contribution >= 0.6 is 0 Å². The number of nitriles is 1. The maximum absolute atomic E-state index is 12.7. The van der Waals surface area contributed by atoms with Crippen molar-refractivity contribution < 1.29 is 9.90 Å². The molecule has 8 nitrogen and oxygen atoms in total. The van der Waals surface area contributed by atoms with E-state index in [1.807, 2.05) is 6.07 Å². The number of benzene rings is 1. The van der Waals surface area contributed by atoms with Gasteiger partial charge in [0.2, 0.25) is 0 Å². The molecule has 0 radical (unpaired) electrons. The van der Waals surface area contributed by atoms with E-state index in [4.69, 9.17) is 5.26 Å². The van der Waals surface area contributed by atoms with Crippen molar-refractivity contribution in [3.8, 4) is 23.0 Å². The second-order valence-electron chi connectivity index (χ2n) is 7.06. The molecule has 1 amide bonds. The molecule has 0 aliphatic heterocycles. The van der Waals surface area contributed by atoms with E-state index in [0.717, 1.165) is 6.42 Å². The van der Waals surface area contributed by atoms with E-state index in [-0.39, 0.29) is 23.6 Å². The Morgan fingerprint density at radius 1 is 1.24 bits per heavy atom. The highest BCUT2D eigenvalue weighted by molar-refractivity contribution is 5.94. The summed E-state index contributed by atoms with van der Waals surface area (Å²) in [5.41, 5.74) is 1.78. The Morgan fingerprint density at radius 3 is 2.66 bits per heavy atom. The number of nitrogens with zero attached hydrogens (tertiary/aromatic N) is 3. The Bertz CT molecular complexity index is 1120. The Hall–Kier alpha value is -3.70. The lowest BCUT2D eigenvalue weighted by atomic mass is 10.1. The summed E-state index contributed by atoms with van der Waals surface area (Å²) < 4.78 is 1.29. The molecule has 2 atom stereocenters. The van der Waals surface area contributed by atoms with Gasteiger partial charge in [-0.2, -0.15) is 5.26 Å². The van der Waals surface area contributed by atoms with Crippen LogP contribution in [0.4, 0.5) is 0 Å². The summed E-state index contributed by atoms with van der Waals surface area (Å²) in [6.45, 7) is 0. The fourth-order valence-corrected chi connectivity index (χ4v) is 3.48. The fourth-order valence-electron chi connectivity index (χ4n) is 3.48. The van der Waals surface area contributed by atoms with Crippen LogP contribution in [0.25, 0.3) is 16.9 Å². The average Bonchev–Trinajstić information content (AvgIpc) is 3.33. The average molecular weight is 389 g/mol. The number of pyridine rings is 1. The standard InChI is InChI=1S/C21H19N5O3/c22-10-13-1-3-14(4-2-13)18-12-24-26(21(18)29)19-8-5-15(11-23-19)20(28)25-16-6-7-17(27)9-16/h1-5,8,11-12,16-17,24,27H,6-7,9H2,(H,25,28)/t16-,17-/m0/s1. The number of aromatic nitrogens is 3. The molecule has 1 aliphatic carbocycles. The number of nitrogens with one attached hydrogen (secondary N) is 2. The lowest BCUT2D eigenvalue weighted by Crippen LogP contribution is -2.33. The number of amides is 1. The minimum absolute atomic E-state index is 0.0295. The van der Waals surface area contributed by atoms with Crippen LogP contribution in [0.5, 0.6) is 0 Å². The van der Waals surface area contributed by atoms with Gasteiger partial charge in [0.1, 0.15) is 0 Å². The molecule has 1 fully saturated rings. The molecule has 146 valence electrons. The van der Waals surface area contributed by atoms with Gasteiger partial charge in [0.25, 0.3) is 11.5 Å². The minimum atomic E-state index is -0.356.